The van der Waals surface area contributed by atoms with E-state index in [1.54, 1.807) is 18.6 Å². The molecule has 0 bridgehead atoms. The van der Waals surface area contributed by atoms with Crippen LogP contribution in [0.25, 0.3) is 10.9 Å². The van der Waals surface area contributed by atoms with Gasteiger partial charge in [0, 0.05) is 17.8 Å². The Hall–Kier alpha value is -3.00. The van der Waals surface area contributed by atoms with Gasteiger partial charge in [0.25, 0.3) is 0 Å². The summed E-state index contributed by atoms with van der Waals surface area (Å²) in [6, 6.07) is 11.7. The molecule has 4 rings (SSSR count). The number of hydrogen-bond donors (Lipinski definition) is 3. The Balaban J connectivity index is 1.56. The molecule has 124 valence electrons. The third kappa shape index (κ3) is 3.43. The highest BCUT2D eigenvalue weighted by molar-refractivity contribution is 9.10. The summed E-state index contributed by atoms with van der Waals surface area (Å²) < 4.78 is 0.786. The SMILES string of the molecule is Brc1cnc(Nc2cccc3cn[nH]c23)nc1NCc1ccccn1. The van der Waals surface area contributed by atoms with Crippen LogP contribution in [0.2, 0.25) is 0 Å². The number of hydrogen-bond acceptors (Lipinski definition) is 6. The van der Waals surface area contributed by atoms with Crippen molar-refractivity contribution in [3.8, 4) is 0 Å². The first-order valence-electron chi connectivity index (χ1n) is 7.65. The van der Waals surface area contributed by atoms with Gasteiger partial charge in [0.1, 0.15) is 5.82 Å². The molecule has 0 atom stereocenters. The average Bonchev–Trinajstić information content (AvgIpc) is 3.13. The zero-order valence-electron chi connectivity index (χ0n) is 13.1. The molecular weight excluding hydrogens is 382 g/mol. The van der Waals surface area contributed by atoms with Crippen LogP contribution in [0.3, 0.4) is 0 Å². The van der Waals surface area contributed by atoms with Crippen LogP contribution in [0.1, 0.15) is 5.69 Å². The number of halogens is 1. The first-order valence-corrected chi connectivity index (χ1v) is 8.44. The molecule has 3 N–H and O–H groups in total. The minimum Gasteiger partial charge on any atom is -0.363 e. The lowest BCUT2D eigenvalue weighted by Crippen LogP contribution is -2.06. The summed E-state index contributed by atoms with van der Waals surface area (Å²) in [5.74, 6) is 1.19. The molecule has 0 amide bonds. The predicted octanol–water partition coefficient (Wildman–Crippen LogP) is 3.87. The van der Waals surface area contributed by atoms with Crippen LogP contribution in [-0.4, -0.2) is 25.1 Å². The molecule has 0 aliphatic heterocycles. The molecule has 8 heteroatoms. The monoisotopic (exact) mass is 395 g/mol. The summed E-state index contributed by atoms with van der Waals surface area (Å²) >= 11 is 3.47. The molecule has 3 heterocycles. The van der Waals surface area contributed by atoms with Gasteiger partial charge in [-0.1, -0.05) is 18.2 Å². The minimum absolute atomic E-state index is 0.494. The molecule has 25 heavy (non-hydrogen) atoms. The van der Waals surface area contributed by atoms with Crippen molar-refractivity contribution in [1.29, 1.82) is 0 Å². The molecule has 0 saturated carbocycles. The second kappa shape index (κ2) is 6.86. The van der Waals surface area contributed by atoms with E-state index in [1.807, 2.05) is 36.4 Å². The van der Waals surface area contributed by atoms with E-state index >= 15 is 0 Å². The fourth-order valence-corrected chi connectivity index (χ4v) is 2.75. The lowest BCUT2D eigenvalue weighted by atomic mass is 10.2. The first kappa shape index (κ1) is 15.5. The second-order valence-electron chi connectivity index (χ2n) is 5.33. The number of aromatic amines is 1. The van der Waals surface area contributed by atoms with E-state index in [1.165, 1.54) is 0 Å². The molecule has 0 radical (unpaired) electrons. The molecule has 0 fully saturated rings. The molecule has 0 unspecified atom stereocenters. The van der Waals surface area contributed by atoms with Crippen molar-refractivity contribution in [2.45, 2.75) is 6.54 Å². The molecule has 0 saturated heterocycles. The molecule has 4 aromatic rings. The van der Waals surface area contributed by atoms with Crippen molar-refractivity contribution in [3.05, 3.63) is 65.2 Å². The minimum atomic E-state index is 0.494. The Morgan fingerprint density at radius 1 is 1.04 bits per heavy atom. The molecule has 0 spiro atoms. The highest BCUT2D eigenvalue weighted by atomic mass is 79.9. The van der Waals surface area contributed by atoms with Crippen LogP contribution in [0.4, 0.5) is 17.5 Å². The second-order valence-corrected chi connectivity index (χ2v) is 6.18. The van der Waals surface area contributed by atoms with E-state index in [0.29, 0.717) is 18.3 Å². The smallest absolute Gasteiger partial charge is 0.229 e. The highest BCUT2D eigenvalue weighted by Gasteiger charge is 2.08. The van der Waals surface area contributed by atoms with Gasteiger partial charge in [-0.25, -0.2) is 4.98 Å². The van der Waals surface area contributed by atoms with Gasteiger partial charge in [-0.15, -0.1) is 0 Å². The number of rotatable bonds is 5. The predicted molar refractivity (Wildman–Crippen MR) is 101 cm³/mol. The Bertz CT molecular complexity index is 1000. The first-order chi connectivity index (χ1) is 12.3. The van der Waals surface area contributed by atoms with Crippen molar-refractivity contribution >= 4 is 44.3 Å². The van der Waals surface area contributed by atoms with Gasteiger partial charge >= 0.3 is 0 Å². The third-order valence-corrected chi connectivity index (χ3v) is 4.21. The van der Waals surface area contributed by atoms with Gasteiger partial charge in [0.05, 0.1) is 34.1 Å². The highest BCUT2D eigenvalue weighted by Crippen LogP contribution is 2.25. The number of aromatic nitrogens is 5. The van der Waals surface area contributed by atoms with Crippen molar-refractivity contribution in [1.82, 2.24) is 25.1 Å². The lowest BCUT2D eigenvalue weighted by molar-refractivity contribution is 1.02. The average molecular weight is 396 g/mol. The van der Waals surface area contributed by atoms with Crippen molar-refractivity contribution in [3.63, 3.8) is 0 Å². The molecule has 3 aromatic heterocycles. The molecule has 1 aromatic carbocycles. The molecule has 0 aliphatic carbocycles. The number of H-pyrrole nitrogens is 1. The summed E-state index contributed by atoms with van der Waals surface area (Å²) in [6.07, 6.45) is 5.26. The van der Waals surface area contributed by atoms with Gasteiger partial charge in [-0.05, 0) is 34.1 Å². The van der Waals surface area contributed by atoms with E-state index in [4.69, 9.17) is 0 Å². The summed E-state index contributed by atoms with van der Waals surface area (Å²) in [7, 11) is 0. The van der Waals surface area contributed by atoms with Crippen molar-refractivity contribution in [2.24, 2.45) is 0 Å². The Morgan fingerprint density at radius 3 is 2.88 bits per heavy atom. The number of nitrogens with one attached hydrogen (secondary N) is 3. The summed E-state index contributed by atoms with van der Waals surface area (Å²) in [5.41, 5.74) is 2.72. The topological polar surface area (TPSA) is 91.4 Å². The van der Waals surface area contributed by atoms with Crippen LogP contribution in [0.5, 0.6) is 0 Å². The van der Waals surface area contributed by atoms with Gasteiger partial charge < -0.3 is 10.6 Å². The van der Waals surface area contributed by atoms with E-state index < -0.39 is 0 Å². The van der Waals surface area contributed by atoms with E-state index in [0.717, 1.165) is 26.8 Å². The molecule has 7 nitrogen and oxygen atoms in total. The summed E-state index contributed by atoms with van der Waals surface area (Å²) in [4.78, 5) is 13.1. The fraction of sp³-hybridized carbons (Fsp3) is 0.0588. The van der Waals surface area contributed by atoms with Crippen LogP contribution in [0.15, 0.2) is 59.5 Å². The summed E-state index contributed by atoms with van der Waals surface area (Å²) in [5, 5.41) is 14.6. The Labute approximate surface area is 152 Å². The van der Waals surface area contributed by atoms with Crippen LogP contribution >= 0.6 is 15.9 Å². The zero-order chi connectivity index (χ0) is 17.1. The van der Waals surface area contributed by atoms with Gasteiger partial charge in [-0.3, -0.25) is 10.1 Å². The van der Waals surface area contributed by atoms with E-state index in [9.17, 15) is 0 Å². The van der Waals surface area contributed by atoms with Gasteiger partial charge in [0.2, 0.25) is 5.95 Å². The van der Waals surface area contributed by atoms with Crippen LogP contribution in [-0.2, 0) is 6.54 Å². The lowest BCUT2D eigenvalue weighted by Gasteiger charge is -2.10. The largest absolute Gasteiger partial charge is 0.363 e. The normalized spacial score (nSPS) is 10.8. The number of pyridine rings is 1. The summed E-state index contributed by atoms with van der Waals surface area (Å²) in [6.45, 7) is 0.575. The molecule has 0 aliphatic rings. The Kier molecular flexibility index (Phi) is 4.26. The van der Waals surface area contributed by atoms with E-state index in [2.05, 4.69) is 51.7 Å². The van der Waals surface area contributed by atoms with Crippen molar-refractivity contribution in [2.75, 3.05) is 10.6 Å². The quantitative estimate of drug-likeness (QED) is 0.475. The van der Waals surface area contributed by atoms with Gasteiger partial charge in [0.15, 0.2) is 0 Å². The van der Waals surface area contributed by atoms with Crippen LogP contribution in [0, 0.1) is 0 Å². The number of fused-ring (bicyclic) bond motifs is 1. The number of nitrogens with zero attached hydrogens (tertiary/aromatic N) is 4. The van der Waals surface area contributed by atoms with E-state index in [-0.39, 0.29) is 0 Å². The molecular formula is C17H14BrN7. The standard InChI is InChI=1S/C17H14BrN7/c18-13-10-21-17(23-14-6-3-4-11-8-22-25-15(11)14)24-16(13)20-9-12-5-1-2-7-19-12/h1-8,10H,9H2,(H,22,25)(H2,20,21,23,24). The van der Waals surface area contributed by atoms with Gasteiger partial charge in [-0.2, -0.15) is 10.1 Å². The third-order valence-electron chi connectivity index (χ3n) is 3.63. The maximum atomic E-state index is 4.53. The number of para-hydroxylation sites is 1. The van der Waals surface area contributed by atoms with Crippen molar-refractivity contribution < 1.29 is 0 Å². The number of benzene rings is 1. The maximum absolute atomic E-state index is 4.53. The van der Waals surface area contributed by atoms with Crippen LogP contribution < -0.4 is 10.6 Å². The fourth-order valence-electron chi connectivity index (χ4n) is 2.42. The number of anilines is 3. The Morgan fingerprint density at radius 2 is 2.00 bits per heavy atom. The maximum Gasteiger partial charge on any atom is 0.229 e. The zero-order valence-corrected chi connectivity index (χ0v) is 14.7.